The van der Waals surface area contributed by atoms with Gasteiger partial charge >= 0.3 is 5.97 Å². The van der Waals surface area contributed by atoms with Gasteiger partial charge in [-0.2, -0.15) is 0 Å². The predicted molar refractivity (Wildman–Crippen MR) is 82.5 cm³/mol. The lowest BCUT2D eigenvalue weighted by molar-refractivity contribution is -0.145. The fourth-order valence-corrected chi connectivity index (χ4v) is 1.92. The van der Waals surface area contributed by atoms with Crippen molar-refractivity contribution in [2.24, 2.45) is 0 Å². The lowest BCUT2D eigenvalue weighted by Crippen LogP contribution is -2.26. The van der Waals surface area contributed by atoms with E-state index < -0.39 is 18.7 Å². The van der Waals surface area contributed by atoms with Gasteiger partial charge in [0.15, 0.2) is 6.10 Å². The molecule has 0 aliphatic heterocycles. The second-order valence-electron chi connectivity index (χ2n) is 4.95. The van der Waals surface area contributed by atoms with Crippen LogP contribution in [0.4, 0.5) is 4.39 Å². The largest absolute Gasteiger partial charge is 0.479 e. The van der Waals surface area contributed by atoms with Gasteiger partial charge in [-0.1, -0.05) is 13.3 Å². The van der Waals surface area contributed by atoms with Crippen molar-refractivity contribution in [3.8, 4) is 17.4 Å². The Balaban J connectivity index is 1.99. The fraction of sp³-hybridized carbons (Fsp3) is 0.294. The molecule has 1 unspecified atom stereocenters. The molecule has 0 bridgehead atoms. The molecular weight excluding hydrogens is 301 g/mol. The zero-order valence-corrected chi connectivity index (χ0v) is 12.7. The minimum absolute atomic E-state index is 0.352. The minimum Gasteiger partial charge on any atom is -0.479 e. The van der Waals surface area contributed by atoms with Crippen LogP contribution in [0.2, 0.25) is 0 Å². The molecule has 1 aromatic carbocycles. The first-order valence-corrected chi connectivity index (χ1v) is 7.30. The predicted octanol–water partition coefficient (Wildman–Crippen LogP) is 3.98. The van der Waals surface area contributed by atoms with Gasteiger partial charge in [0.25, 0.3) is 0 Å². The van der Waals surface area contributed by atoms with Crippen molar-refractivity contribution in [2.75, 3.05) is 0 Å². The average Bonchev–Trinajstić information content (AvgIpc) is 2.57. The Hall–Kier alpha value is -2.63. The first kappa shape index (κ1) is 16.7. The molecule has 1 atom stereocenters. The lowest BCUT2D eigenvalue weighted by atomic mass is 10.2. The number of rotatable bonds is 8. The standard InChI is InChI=1S/C17H18FNO4/c1-2-3-15(17(20)21)22-13-5-7-14(8-6-13)23-16-9-4-12(10-18)11-19-16/h4-9,11,15H,2-3,10H2,1H3,(H,20,21). The summed E-state index contributed by atoms with van der Waals surface area (Å²) in [6.07, 6.45) is 1.72. The molecule has 0 fully saturated rings. The number of hydrogen-bond acceptors (Lipinski definition) is 4. The summed E-state index contributed by atoms with van der Waals surface area (Å²) in [5, 5.41) is 9.07. The number of carboxylic acid groups (broad SMARTS) is 1. The van der Waals surface area contributed by atoms with E-state index in [0.717, 1.165) is 6.42 Å². The van der Waals surface area contributed by atoms with Crippen LogP contribution in [0.5, 0.6) is 17.4 Å². The molecule has 0 saturated carbocycles. The van der Waals surface area contributed by atoms with Crippen molar-refractivity contribution >= 4 is 5.97 Å². The van der Waals surface area contributed by atoms with Gasteiger partial charge in [0.1, 0.15) is 18.2 Å². The number of carboxylic acids is 1. The highest BCUT2D eigenvalue weighted by atomic mass is 19.1. The molecule has 0 saturated heterocycles. The highest BCUT2D eigenvalue weighted by Crippen LogP contribution is 2.23. The molecule has 0 aliphatic carbocycles. The van der Waals surface area contributed by atoms with E-state index in [-0.39, 0.29) is 0 Å². The summed E-state index contributed by atoms with van der Waals surface area (Å²) < 4.78 is 23.4. The van der Waals surface area contributed by atoms with Crippen LogP contribution < -0.4 is 9.47 Å². The van der Waals surface area contributed by atoms with Crippen LogP contribution in [0.15, 0.2) is 42.6 Å². The normalized spacial score (nSPS) is 11.7. The van der Waals surface area contributed by atoms with E-state index in [0.29, 0.717) is 29.4 Å². The number of benzene rings is 1. The third kappa shape index (κ3) is 4.95. The van der Waals surface area contributed by atoms with Crippen molar-refractivity contribution in [3.05, 3.63) is 48.2 Å². The third-order valence-electron chi connectivity index (χ3n) is 3.10. The Labute approximate surface area is 133 Å². The smallest absolute Gasteiger partial charge is 0.344 e. The van der Waals surface area contributed by atoms with Crippen LogP contribution >= 0.6 is 0 Å². The van der Waals surface area contributed by atoms with Gasteiger partial charge < -0.3 is 14.6 Å². The van der Waals surface area contributed by atoms with Gasteiger partial charge in [-0.15, -0.1) is 0 Å². The molecule has 1 heterocycles. The molecule has 6 heteroatoms. The zero-order chi connectivity index (χ0) is 16.7. The summed E-state index contributed by atoms with van der Waals surface area (Å²) in [6, 6.07) is 9.77. The van der Waals surface area contributed by atoms with E-state index in [2.05, 4.69) is 4.98 Å². The van der Waals surface area contributed by atoms with Gasteiger partial charge in [0.2, 0.25) is 5.88 Å². The van der Waals surface area contributed by atoms with E-state index in [4.69, 9.17) is 14.6 Å². The maximum atomic E-state index is 12.4. The summed E-state index contributed by atoms with van der Waals surface area (Å²) in [6.45, 7) is 1.33. The first-order valence-electron chi connectivity index (χ1n) is 7.30. The van der Waals surface area contributed by atoms with Crippen LogP contribution in [0.25, 0.3) is 0 Å². The first-order chi connectivity index (χ1) is 11.1. The highest BCUT2D eigenvalue weighted by Gasteiger charge is 2.18. The van der Waals surface area contributed by atoms with Crippen LogP contribution in [0, 0.1) is 0 Å². The number of aliphatic carboxylic acids is 1. The van der Waals surface area contributed by atoms with Gasteiger partial charge in [0.05, 0.1) is 0 Å². The van der Waals surface area contributed by atoms with E-state index in [1.54, 1.807) is 36.4 Å². The molecule has 1 aromatic heterocycles. The van der Waals surface area contributed by atoms with E-state index in [1.165, 1.54) is 6.20 Å². The number of alkyl halides is 1. The second-order valence-corrected chi connectivity index (χ2v) is 4.95. The lowest BCUT2D eigenvalue weighted by Gasteiger charge is -2.14. The molecule has 1 N–H and O–H groups in total. The summed E-state index contributed by atoms with van der Waals surface area (Å²) in [5.74, 6) is 0.355. The number of ether oxygens (including phenoxy) is 2. The third-order valence-corrected chi connectivity index (χ3v) is 3.10. The fourth-order valence-electron chi connectivity index (χ4n) is 1.92. The SMILES string of the molecule is CCCC(Oc1ccc(Oc2ccc(CF)cn2)cc1)C(=O)O. The molecule has 2 aromatic rings. The Bertz CT molecular complexity index is 628. The summed E-state index contributed by atoms with van der Waals surface area (Å²) in [4.78, 5) is 15.1. The minimum atomic E-state index is -0.982. The number of carbonyl (C=O) groups is 1. The monoisotopic (exact) mass is 319 g/mol. The Kier molecular flexibility index (Phi) is 5.91. The topological polar surface area (TPSA) is 68.7 Å². The van der Waals surface area contributed by atoms with Crippen molar-refractivity contribution in [3.63, 3.8) is 0 Å². The molecule has 23 heavy (non-hydrogen) atoms. The van der Waals surface area contributed by atoms with Crippen LogP contribution in [-0.2, 0) is 11.5 Å². The van der Waals surface area contributed by atoms with E-state index >= 15 is 0 Å². The average molecular weight is 319 g/mol. The molecule has 2 rings (SSSR count). The van der Waals surface area contributed by atoms with Crippen molar-refractivity contribution in [1.29, 1.82) is 0 Å². The molecule has 0 aliphatic rings. The van der Waals surface area contributed by atoms with Crippen molar-refractivity contribution in [2.45, 2.75) is 32.5 Å². The number of halogens is 1. The van der Waals surface area contributed by atoms with Crippen LogP contribution in [-0.4, -0.2) is 22.2 Å². The van der Waals surface area contributed by atoms with Gasteiger partial charge in [-0.25, -0.2) is 14.2 Å². The van der Waals surface area contributed by atoms with Crippen molar-refractivity contribution < 1.29 is 23.8 Å². The molecule has 0 radical (unpaired) electrons. The molecule has 0 spiro atoms. The van der Waals surface area contributed by atoms with E-state index in [9.17, 15) is 9.18 Å². The van der Waals surface area contributed by atoms with Crippen LogP contribution in [0.3, 0.4) is 0 Å². The molecule has 0 amide bonds. The number of aromatic nitrogens is 1. The maximum Gasteiger partial charge on any atom is 0.344 e. The number of hydrogen-bond donors (Lipinski definition) is 1. The van der Waals surface area contributed by atoms with Crippen LogP contribution in [0.1, 0.15) is 25.3 Å². The Morgan fingerprint density at radius 3 is 2.43 bits per heavy atom. The second kappa shape index (κ2) is 8.12. The maximum absolute atomic E-state index is 12.4. The summed E-state index contributed by atoms with van der Waals surface area (Å²) in [5.41, 5.74) is 0.483. The Morgan fingerprint density at radius 1 is 1.22 bits per heavy atom. The number of pyridine rings is 1. The number of nitrogens with zero attached hydrogens (tertiary/aromatic N) is 1. The zero-order valence-electron chi connectivity index (χ0n) is 12.7. The quantitative estimate of drug-likeness (QED) is 0.797. The highest BCUT2D eigenvalue weighted by molar-refractivity contribution is 5.72. The van der Waals surface area contributed by atoms with Gasteiger partial charge in [-0.3, -0.25) is 0 Å². The molecule has 5 nitrogen and oxygen atoms in total. The molecule has 122 valence electrons. The molecular formula is C17H18FNO4. The van der Waals surface area contributed by atoms with Gasteiger partial charge in [0, 0.05) is 17.8 Å². The van der Waals surface area contributed by atoms with E-state index in [1.807, 2.05) is 6.92 Å². The Morgan fingerprint density at radius 2 is 1.91 bits per heavy atom. The van der Waals surface area contributed by atoms with Crippen molar-refractivity contribution in [1.82, 2.24) is 4.98 Å². The summed E-state index contributed by atoms with van der Waals surface area (Å²) >= 11 is 0. The van der Waals surface area contributed by atoms with Gasteiger partial charge in [-0.05, 0) is 36.8 Å². The summed E-state index contributed by atoms with van der Waals surface area (Å²) in [7, 11) is 0.